The Morgan fingerprint density at radius 2 is 1.68 bits per heavy atom. The summed E-state index contributed by atoms with van der Waals surface area (Å²) in [5.74, 6) is 0.326. The predicted molar refractivity (Wildman–Crippen MR) is 94.2 cm³/mol. The zero-order valence-corrected chi connectivity index (χ0v) is 14.3. The van der Waals surface area contributed by atoms with Crippen LogP contribution in [0.25, 0.3) is 0 Å². The minimum Gasteiger partial charge on any atom is -0.496 e. The number of hydrogen-bond acceptors (Lipinski definition) is 3. The number of nitrogens with one attached hydrogen (secondary N) is 2. The molecule has 3 N–H and O–H groups in total. The number of aliphatic hydroxyl groups is 1. The van der Waals surface area contributed by atoms with Crippen molar-refractivity contribution in [1.29, 1.82) is 0 Å². The van der Waals surface area contributed by atoms with E-state index in [-0.39, 0.29) is 18.0 Å². The van der Waals surface area contributed by atoms with Crippen LogP contribution in [0.1, 0.15) is 30.1 Å². The Hall–Kier alpha value is -2.60. The fraction of sp³-hybridized carbons (Fsp3) is 0.316. The average Bonchev–Trinajstić information content (AvgIpc) is 2.64. The highest BCUT2D eigenvalue weighted by Crippen LogP contribution is 2.25. The number of aliphatic hydroxyl groups excluding tert-OH is 1. The van der Waals surface area contributed by atoms with E-state index in [2.05, 4.69) is 10.6 Å². The monoisotopic (exact) mass is 346 g/mol. The SMILES string of the molecule is COc1ccccc1C(C)CNC(=O)NCC(O)c1ccccc1F. The quantitative estimate of drug-likeness (QED) is 0.722. The van der Waals surface area contributed by atoms with Crippen LogP contribution in [-0.4, -0.2) is 31.3 Å². The number of ether oxygens (including phenoxy) is 1. The molecule has 2 aromatic rings. The van der Waals surface area contributed by atoms with E-state index in [1.165, 1.54) is 12.1 Å². The third-order valence-electron chi connectivity index (χ3n) is 3.96. The third kappa shape index (κ3) is 5.19. The molecule has 0 saturated heterocycles. The van der Waals surface area contributed by atoms with E-state index in [9.17, 15) is 14.3 Å². The van der Waals surface area contributed by atoms with Crippen molar-refractivity contribution in [2.45, 2.75) is 18.9 Å². The topological polar surface area (TPSA) is 70.6 Å². The molecule has 0 saturated carbocycles. The first-order valence-corrected chi connectivity index (χ1v) is 8.10. The van der Waals surface area contributed by atoms with Crippen molar-refractivity contribution in [3.63, 3.8) is 0 Å². The number of amides is 2. The molecule has 2 atom stereocenters. The van der Waals surface area contributed by atoms with E-state index in [0.717, 1.165) is 11.3 Å². The van der Waals surface area contributed by atoms with Gasteiger partial charge in [0.25, 0.3) is 0 Å². The highest BCUT2D eigenvalue weighted by atomic mass is 19.1. The van der Waals surface area contributed by atoms with E-state index in [1.807, 2.05) is 31.2 Å². The smallest absolute Gasteiger partial charge is 0.314 e. The van der Waals surface area contributed by atoms with E-state index >= 15 is 0 Å². The van der Waals surface area contributed by atoms with Crippen LogP contribution in [0.15, 0.2) is 48.5 Å². The lowest BCUT2D eigenvalue weighted by molar-refractivity contribution is 0.169. The van der Waals surface area contributed by atoms with Crippen LogP contribution >= 0.6 is 0 Å². The van der Waals surface area contributed by atoms with Crippen molar-refractivity contribution < 1.29 is 19.0 Å². The number of benzene rings is 2. The molecule has 0 spiro atoms. The second-order valence-corrected chi connectivity index (χ2v) is 5.77. The van der Waals surface area contributed by atoms with Crippen molar-refractivity contribution in [2.24, 2.45) is 0 Å². The molecule has 134 valence electrons. The zero-order valence-electron chi connectivity index (χ0n) is 14.3. The summed E-state index contributed by atoms with van der Waals surface area (Å²) in [6.45, 7) is 2.31. The maximum absolute atomic E-state index is 13.6. The van der Waals surface area contributed by atoms with Crippen LogP contribution in [0.3, 0.4) is 0 Å². The summed E-state index contributed by atoms with van der Waals surface area (Å²) in [5, 5.41) is 15.3. The van der Waals surface area contributed by atoms with Crippen molar-refractivity contribution in [3.05, 3.63) is 65.5 Å². The van der Waals surface area contributed by atoms with Crippen molar-refractivity contribution in [1.82, 2.24) is 10.6 Å². The molecule has 0 aliphatic carbocycles. The first-order chi connectivity index (χ1) is 12.0. The molecule has 0 bridgehead atoms. The predicted octanol–water partition coefficient (Wildman–Crippen LogP) is 2.97. The molecule has 2 amide bonds. The van der Waals surface area contributed by atoms with E-state index < -0.39 is 18.0 Å². The molecule has 2 unspecified atom stereocenters. The fourth-order valence-electron chi connectivity index (χ4n) is 2.54. The van der Waals surface area contributed by atoms with E-state index in [4.69, 9.17) is 4.74 Å². The standard InChI is InChI=1S/C19H23FN2O3/c1-13(14-7-4-6-10-18(14)25-2)11-21-19(24)22-12-17(23)15-8-3-5-9-16(15)20/h3-10,13,17,23H,11-12H2,1-2H3,(H2,21,22,24). The lowest BCUT2D eigenvalue weighted by Gasteiger charge is -2.17. The Balaban J connectivity index is 1.81. The number of rotatable bonds is 7. The van der Waals surface area contributed by atoms with Gasteiger partial charge in [-0.1, -0.05) is 43.3 Å². The van der Waals surface area contributed by atoms with Gasteiger partial charge in [-0.25, -0.2) is 9.18 Å². The number of urea groups is 1. The molecule has 5 nitrogen and oxygen atoms in total. The van der Waals surface area contributed by atoms with Crippen molar-refractivity contribution >= 4 is 6.03 Å². The summed E-state index contributed by atoms with van der Waals surface area (Å²) in [6, 6.07) is 13.1. The van der Waals surface area contributed by atoms with Gasteiger partial charge in [0.15, 0.2) is 0 Å². The largest absolute Gasteiger partial charge is 0.496 e. The van der Waals surface area contributed by atoms with E-state index in [0.29, 0.717) is 6.54 Å². The molecule has 0 aliphatic heterocycles. The minimum absolute atomic E-state index is 0.0541. The summed E-state index contributed by atoms with van der Waals surface area (Å²) in [7, 11) is 1.61. The number of carbonyl (C=O) groups excluding carboxylic acids is 1. The van der Waals surface area contributed by atoms with Crippen LogP contribution in [0.5, 0.6) is 5.75 Å². The second kappa shape index (κ2) is 9.03. The Morgan fingerprint density at radius 3 is 2.36 bits per heavy atom. The number of para-hydroxylation sites is 1. The second-order valence-electron chi connectivity index (χ2n) is 5.77. The maximum atomic E-state index is 13.6. The van der Waals surface area contributed by atoms with Gasteiger partial charge in [0.05, 0.1) is 13.2 Å². The van der Waals surface area contributed by atoms with E-state index in [1.54, 1.807) is 19.2 Å². The molecular weight excluding hydrogens is 323 g/mol. The lowest BCUT2D eigenvalue weighted by atomic mass is 10.0. The van der Waals surface area contributed by atoms with Crippen LogP contribution in [-0.2, 0) is 0 Å². The first kappa shape index (κ1) is 18.7. The summed E-state index contributed by atoms with van der Waals surface area (Å²) < 4.78 is 18.9. The summed E-state index contributed by atoms with van der Waals surface area (Å²) in [6.07, 6.45) is -1.10. The van der Waals surface area contributed by atoms with Gasteiger partial charge in [-0.2, -0.15) is 0 Å². The number of hydrogen-bond donors (Lipinski definition) is 3. The highest BCUT2D eigenvalue weighted by Gasteiger charge is 2.15. The highest BCUT2D eigenvalue weighted by molar-refractivity contribution is 5.73. The molecule has 0 heterocycles. The third-order valence-corrected chi connectivity index (χ3v) is 3.96. The molecule has 25 heavy (non-hydrogen) atoms. The molecule has 6 heteroatoms. The minimum atomic E-state index is -1.10. The van der Waals surface area contributed by atoms with Crippen LogP contribution < -0.4 is 15.4 Å². The Kier molecular flexibility index (Phi) is 6.77. The van der Waals surface area contributed by atoms with Crippen LogP contribution in [0.2, 0.25) is 0 Å². The Bertz CT molecular complexity index is 709. The molecule has 0 aliphatic rings. The van der Waals surface area contributed by atoms with Crippen LogP contribution in [0, 0.1) is 5.82 Å². The van der Waals surface area contributed by atoms with Gasteiger partial charge < -0.3 is 20.5 Å². The molecule has 0 fully saturated rings. The first-order valence-electron chi connectivity index (χ1n) is 8.10. The number of halogens is 1. The van der Waals surface area contributed by atoms with Gasteiger partial charge in [-0.3, -0.25) is 0 Å². The van der Waals surface area contributed by atoms with Gasteiger partial charge in [-0.15, -0.1) is 0 Å². The van der Waals surface area contributed by atoms with Gasteiger partial charge in [0.1, 0.15) is 11.6 Å². The number of carbonyl (C=O) groups is 1. The van der Waals surface area contributed by atoms with Crippen LogP contribution in [0.4, 0.5) is 9.18 Å². The van der Waals surface area contributed by atoms with Crippen molar-refractivity contribution in [2.75, 3.05) is 20.2 Å². The van der Waals surface area contributed by atoms with Crippen molar-refractivity contribution in [3.8, 4) is 5.75 Å². The average molecular weight is 346 g/mol. The Labute approximate surface area is 146 Å². The maximum Gasteiger partial charge on any atom is 0.314 e. The molecule has 2 aromatic carbocycles. The molecule has 0 aromatic heterocycles. The Morgan fingerprint density at radius 1 is 1.08 bits per heavy atom. The fourth-order valence-corrected chi connectivity index (χ4v) is 2.54. The zero-order chi connectivity index (χ0) is 18.2. The van der Waals surface area contributed by atoms with Gasteiger partial charge in [0.2, 0.25) is 0 Å². The molecule has 0 radical (unpaired) electrons. The van der Waals surface area contributed by atoms with Gasteiger partial charge >= 0.3 is 6.03 Å². The normalized spacial score (nSPS) is 13.0. The molecule has 2 rings (SSSR count). The number of methoxy groups -OCH3 is 1. The summed E-state index contributed by atoms with van der Waals surface area (Å²) in [4.78, 5) is 11.9. The lowest BCUT2D eigenvalue weighted by Crippen LogP contribution is -2.39. The summed E-state index contributed by atoms with van der Waals surface area (Å²) in [5.41, 5.74) is 1.15. The van der Waals surface area contributed by atoms with Gasteiger partial charge in [0, 0.05) is 24.6 Å². The van der Waals surface area contributed by atoms with Gasteiger partial charge in [-0.05, 0) is 17.7 Å². The summed E-state index contributed by atoms with van der Waals surface area (Å²) >= 11 is 0. The molecular formula is C19H23FN2O3.